The van der Waals surface area contributed by atoms with Crippen molar-refractivity contribution in [3.63, 3.8) is 0 Å². The zero-order valence-electron chi connectivity index (χ0n) is 9.74. The van der Waals surface area contributed by atoms with Gasteiger partial charge in [-0.15, -0.1) is 0 Å². The van der Waals surface area contributed by atoms with E-state index >= 15 is 0 Å². The Bertz CT molecular complexity index is 520. The molecule has 0 aliphatic carbocycles. The third-order valence-corrected chi connectivity index (χ3v) is 2.16. The molecule has 2 aromatic rings. The fraction of sp³-hybridized carbons (Fsp3) is 0.182. The molecule has 0 spiro atoms. The van der Waals surface area contributed by atoms with E-state index in [9.17, 15) is 5.11 Å². The van der Waals surface area contributed by atoms with E-state index in [1.807, 2.05) is 30.3 Å². The number of nitrogens with zero attached hydrogens (tertiary/aromatic N) is 3. The Labute approximate surface area is 104 Å². The molecule has 94 valence electrons. The summed E-state index contributed by atoms with van der Waals surface area (Å²) in [6, 6.07) is 9.33. The number of rotatable bonds is 4. The van der Waals surface area contributed by atoms with Crippen molar-refractivity contribution >= 4 is 11.9 Å². The molecule has 1 unspecified atom stereocenters. The van der Waals surface area contributed by atoms with E-state index in [1.54, 1.807) is 0 Å². The van der Waals surface area contributed by atoms with E-state index in [-0.39, 0.29) is 11.9 Å². The van der Waals surface area contributed by atoms with Crippen molar-refractivity contribution in [1.82, 2.24) is 15.0 Å². The smallest absolute Gasteiger partial charge is 0.237 e. The molecule has 1 atom stereocenters. The Balaban J connectivity index is 2.32. The maximum absolute atomic E-state index is 9.29. The van der Waals surface area contributed by atoms with Crippen LogP contribution < -0.4 is 11.1 Å². The van der Waals surface area contributed by atoms with Crippen LogP contribution in [0.1, 0.15) is 0 Å². The number of benzene rings is 1. The van der Waals surface area contributed by atoms with Crippen molar-refractivity contribution in [2.24, 2.45) is 0 Å². The number of ether oxygens (including phenoxy) is 1. The molecule has 0 saturated carbocycles. The van der Waals surface area contributed by atoms with Crippen LogP contribution in [-0.2, 0) is 4.74 Å². The third kappa shape index (κ3) is 2.90. The van der Waals surface area contributed by atoms with Crippen molar-refractivity contribution in [2.45, 2.75) is 6.41 Å². The number of nitrogens with one attached hydrogen (secondary N) is 1. The van der Waals surface area contributed by atoms with Crippen molar-refractivity contribution in [2.75, 3.05) is 18.2 Å². The average Bonchev–Trinajstić information content (AvgIpc) is 2.39. The standard InChI is InChI=1S/C11H13N5O2/c1-18-11(17)16-10-14-8(13-9(12)15-10)7-5-3-2-4-6-7/h2-6,11,17H,1H3,(H3,12,13,14,15,16). The van der Waals surface area contributed by atoms with E-state index in [2.05, 4.69) is 25.0 Å². The minimum absolute atomic E-state index is 0.0645. The lowest BCUT2D eigenvalue weighted by Gasteiger charge is -2.11. The van der Waals surface area contributed by atoms with Crippen LogP contribution in [0.3, 0.4) is 0 Å². The summed E-state index contributed by atoms with van der Waals surface area (Å²) in [6.45, 7) is 0. The second kappa shape index (κ2) is 5.39. The van der Waals surface area contributed by atoms with Gasteiger partial charge in [-0.05, 0) is 0 Å². The first-order valence-electron chi connectivity index (χ1n) is 5.23. The van der Waals surface area contributed by atoms with Gasteiger partial charge in [0.25, 0.3) is 0 Å². The quantitative estimate of drug-likeness (QED) is 0.673. The van der Waals surface area contributed by atoms with E-state index in [1.165, 1.54) is 7.11 Å². The summed E-state index contributed by atoms with van der Waals surface area (Å²) in [5, 5.41) is 11.8. The average molecular weight is 247 g/mol. The topological polar surface area (TPSA) is 106 Å². The van der Waals surface area contributed by atoms with Gasteiger partial charge >= 0.3 is 0 Å². The van der Waals surface area contributed by atoms with Crippen molar-refractivity contribution in [1.29, 1.82) is 0 Å². The summed E-state index contributed by atoms with van der Waals surface area (Å²) < 4.78 is 4.64. The molecule has 0 aliphatic heterocycles. The first-order chi connectivity index (χ1) is 8.69. The van der Waals surface area contributed by atoms with Gasteiger partial charge in [0.2, 0.25) is 18.3 Å². The van der Waals surface area contributed by atoms with E-state index in [4.69, 9.17) is 5.73 Å². The molecule has 0 amide bonds. The summed E-state index contributed by atoms with van der Waals surface area (Å²) in [7, 11) is 1.35. The van der Waals surface area contributed by atoms with Crippen LogP contribution in [0, 0.1) is 0 Å². The fourth-order valence-electron chi connectivity index (χ4n) is 1.34. The second-order valence-electron chi connectivity index (χ2n) is 3.44. The normalized spacial score (nSPS) is 12.1. The molecule has 18 heavy (non-hydrogen) atoms. The molecule has 1 aromatic carbocycles. The second-order valence-corrected chi connectivity index (χ2v) is 3.44. The van der Waals surface area contributed by atoms with Crippen LogP contribution >= 0.6 is 0 Å². The molecule has 7 heteroatoms. The Morgan fingerprint density at radius 3 is 2.61 bits per heavy atom. The van der Waals surface area contributed by atoms with Gasteiger partial charge < -0.3 is 20.9 Å². The number of aliphatic hydroxyl groups excluding tert-OH is 1. The van der Waals surface area contributed by atoms with E-state index in [0.29, 0.717) is 5.82 Å². The minimum Gasteiger partial charge on any atom is -0.368 e. The summed E-state index contributed by atoms with van der Waals surface area (Å²) in [4.78, 5) is 12.0. The van der Waals surface area contributed by atoms with E-state index < -0.39 is 6.41 Å². The molecule has 4 N–H and O–H groups in total. The largest absolute Gasteiger partial charge is 0.368 e. The molecular formula is C11H13N5O2. The summed E-state index contributed by atoms with van der Waals surface area (Å²) in [6.07, 6.45) is -1.20. The summed E-state index contributed by atoms with van der Waals surface area (Å²) >= 11 is 0. The number of aliphatic hydroxyl groups is 1. The van der Waals surface area contributed by atoms with Crippen LogP contribution in [0.5, 0.6) is 0 Å². The third-order valence-electron chi connectivity index (χ3n) is 2.16. The minimum atomic E-state index is -1.20. The summed E-state index contributed by atoms with van der Waals surface area (Å²) in [5.41, 5.74) is 6.40. The lowest BCUT2D eigenvalue weighted by Crippen LogP contribution is -2.22. The Morgan fingerprint density at radius 2 is 1.94 bits per heavy atom. The molecule has 0 fully saturated rings. The van der Waals surface area contributed by atoms with Gasteiger partial charge in [0.15, 0.2) is 5.82 Å². The van der Waals surface area contributed by atoms with Crippen LogP contribution in [0.2, 0.25) is 0 Å². The zero-order chi connectivity index (χ0) is 13.0. The Morgan fingerprint density at radius 1 is 1.22 bits per heavy atom. The Kier molecular flexibility index (Phi) is 3.66. The predicted molar refractivity (Wildman–Crippen MR) is 66.3 cm³/mol. The molecule has 1 heterocycles. The van der Waals surface area contributed by atoms with E-state index in [0.717, 1.165) is 5.56 Å². The summed E-state index contributed by atoms with van der Waals surface area (Å²) in [5.74, 6) is 0.638. The highest BCUT2D eigenvalue weighted by Gasteiger charge is 2.09. The van der Waals surface area contributed by atoms with Crippen LogP contribution in [-0.4, -0.2) is 33.6 Å². The molecule has 0 saturated heterocycles. The first-order valence-corrected chi connectivity index (χ1v) is 5.23. The van der Waals surface area contributed by atoms with Gasteiger partial charge in [-0.3, -0.25) is 0 Å². The lowest BCUT2D eigenvalue weighted by molar-refractivity contribution is -0.0515. The predicted octanol–water partition coefficient (Wildman–Crippen LogP) is 0.455. The lowest BCUT2D eigenvalue weighted by atomic mass is 10.2. The van der Waals surface area contributed by atoms with Crippen LogP contribution in [0.4, 0.5) is 11.9 Å². The number of nitrogens with two attached hydrogens (primary N) is 1. The number of anilines is 2. The van der Waals surface area contributed by atoms with Crippen LogP contribution in [0.15, 0.2) is 30.3 Å². The van der Waals surface area contributed by atoms with Gasteiger partial charge in [0.05, 0.1) is 0 Å². The number of methoxy groups -OCH3 is 1. The molecule has 2 rings (SSSR count). The highest BCUT2D eigenvalue weighted by Crippen LogP contribution is 2.16. The highest BCUT2D eigenvalue weighted by molar-refractivity contribution is 5.57. The zero-order valence-corrected chi connectivity index (χ0v) is 9.74. The fourth-order valence-corrected chi connectivity index (χ4v) is 1.34. The number of nitrogen functional groups attached to an aromatic ring is 1. The van der Waals surface area contributed by atoms with Gasteiger partial charge in [-0.2, -0.15) is 15.0 Å². The van der Waals surface area contributed by atoms with Crippen molar-refractivity contribution < 1.29 is 9.84 Å². The molecule has 0 bridgehead atoms. The highest BCUT2D eigenvalue weighted by atomic mass is 16.6. The number of hydrogen-bond acceptors (Lipinski definition) is 7. The SMILES string of the molecule is COC(O)Nc1nc(N)nc(-c2ccccc2)n1. The van der Waals surface area contributed by atoms with Gasteiger partial charge in [0, 0.05) is 12.7 Å². The molecule has 7 nitrogen and oxygen atoms in total. The van der Waals surface area contributed by atoms with Gasteiger partial charge in [-0.25, -0.2) is 0 Å². The first kappa shape index (κ1) is 12.2. The van der Waals surface area contributed by atoms with Gasteiger partial charge in [-0.1, -0.05) is 30.3 Å². The number of aromatic nitrogens is 3. The van der Waals surface area contributed by atoms with Crippen molar-refractivity contribution in [3.05, 3.63) is 30.3 Å². The molecule has 0 radical (unpaired) electrons. The van der Waals surface area contributed by atoms with Crippen molar-refractivity contribution in [3.8, 4) is 11.4 Å². The monoisotopic (exact) mass is 247 g/mol. The number of hydrogen-bond donors (Lipinski definition) is 3. The van der Waals surface area contributed by atoms with Crippen LogP contribution in [0.25, 0.3) is 11.4 Å². The van der Waals surface area contributed by atoms with Gasteiger partial charge in [0.1, 0.15) is 0 Å². The molecule has 0 aliphatic rings. The molecule has 1 aromatic heterocycles. The Hall–Kier alpha value is -2.25. The molecular weight excluding hydrogens is 234 g/mol. The maximum atomic E-state index is 9.29. The maximum Gasteiger partial charge on any atom is 0.237 e.